The zero-order valence-corrected chi connectivity index (χ0v) is 10.1. The predicted molar refractivity (Wildman–Crippen MR) is 59.5 cm³/mol. The smallest absolute Gasteiger partial charge is 0.382 e. The average molecular weight is 254 g/mol. The lowest BCUT2D eigenvalue weighted by atomic mass is 9.83. The summed E-state index contributed by atoms with van der Waals surface area (Å²) in [5.41, 5.74) is 5.64. The molecule has 1 saturated carbocycles. The van der Waals surface area contributed by atoms with Gasteiger partial charge < -0.3 is 15.7 Å². The minimum absolute atomic E-state index is 0.0609. The van der Waals surface area contributed by atoms with E-state index in [1.165, 1.54) is 0 Å². The topological polar surface area (TPSA) is 49.5 Å². The van der Waals surface area contributed by atoms with Gasteiger partial charge >= 0.3 is 6.18 Å². The van der Waals surface area contributed by atoms with Crippen LogP contribution in [-0.4, -0.2) is 48.5 Å². The molecule has 0 aliphatic heterocycles. The molecule has 3 nitrogen and oxygen atoms in total. The normalized spacial score (nSPS) is 28.4. The molecular weight excluding hydrogens is 233 g/mol. The van der Waals surface area contributed by atoms with E-state index in [-0.39, 0.29) is 18.5 Å². The molecule has 0 heterocycles. The predicted octanol–water partition coefficient (Wildman–Crippen LogP) is 1.36. The maximum absolute atomic E-state index is 12.3. The maximum Gasteiger partial charge on any atom is 0.415 e. The fourth-order valence-electron chi connectivity index (χ4n) is 2.55. The minimum atomic E-state index is -4.54. The zero-order chi connectivity index (χ0) is 13.1. The Morgan fingerprint density at radius 2 is 1.94 bits per heavy atom. The van der Waals surface area contributed by atoms with Crippen molar-refractivity contribution in [2.45, 2.75) is 44.0 Å². The zero-order valence-electron chi connectivity index (χ0n) is 10.1. The highest BCUT2D eigenvalue weighted by molar-refractivity contribution is 4.84. The molecule has 0 aromatic rings. The molecule has 17 heavy (non-hydrogen) atoms. The Kier molecular flexibility index (Phi) is 5.22. The van der Waals surface area contributed by atoms with Gasteiger partial charge in [0.1, 0.15) is 0 Å². The summed E-state index contributed by atoms with van der Waals surface area (Å²) in [5, 5.41) is 9.05. The van der Waals surface area contributed by atoms with Crippen LogP contribution in [0.25, 0.3) is 0 Å². The van der Waals surface area contributed by atoms with Crippen LogP contribution in [0.15, 0.2) is 0 Å². The monoisotopic (exact) mass is 254 g/mol. The van der Waals surface area contributed by atoms with Crippen molar-refractivity contribution in [3.05, 3.63) is 0 Å². The van der Waals surface area contributed by atoms with Crippen molar-refractivity contribution in [3.8, 4) is 0 Å². The summed E-state index contributed by atoms with van der Waals surface area (Å²) < 4.78 is 36.8. The second kappa shape index (κ2) is 6.02. The van der Waals surface area contributed by atoms with Crippen LogP contribution in [0, 0.1) is 5.92 Å². The summed E-state index contributed by atoms with van der Waals surface area (Å²) in [5.74, 6) is 0.245. The highest BCUT2D eigenvalue weighted by Gasteiger charge is 2.40. The number of nitrogens with zero attached hydrogens (tertiary/aromatic N) is 1. The number of alkyl halides is 3. The van der Waals surface area contributed by atoms with Gasteiger partial charge in [-0.3, -0.25) is 0 Å². The third-order valence-corrected chi connectivity index (χ3v) is 3.58. The van der Waals surface area contributed by atoms with Gasteiger partial charge in [0.15, 0.2) is 6.10 Å². The summed E-state index contributed by atoms with van der Waals surface area (Å²) in [6, 6.07) is 0.0609. The largest absolute Gasteiger partial charge is 0.415 e. The quantitative estimate of drug-likeness (QED) is 0.796. The molecule has 0 aromatic carbocycles. The van der Waals surface area contributed by atoms with E-state index in [4.69, 9.17) is 10.8 Å². The number of hydrogen-bond acceptors (Lipinski definition) is 3. The third-order valence-electron chi connectivity index (χ3n) is 3.58. The van der Waals surface area contributed by atoms with E-state index in [0.29, 0.717) is 6.54 Å². The molecule has 0 amide bonds. The molecule has 6 heteroatoms. The second-order valence-electron chi connectivity index (χ2n) is 4.84. The Balaban J connectivity index is 2.53. The Labute approximate surface area is 99.8 Å². The van der Waals surface area contributed by atoms with E-state index >= 15 is 0 Å². The van der Waals surface area contributed by atoms with Gasteiger partial charge in [-0.15, -0.1) is 0 Å². The van der Waals surface area contributed by atoms with Crippen molar-refractivity contribution < 1.29 is 18.3 Å². The van der Waals surface area contributed by atoms with Crippen molar-refractivity contribution in [3.63, 3.8) is 0 Å². The number of hydrogen-bond donors (Lipinski definition) is 2. The van der Waals surface area contributed by atoms with Gasteiger partial charge in [-0.25, -0.2) is 0 Å². The van der Waals surface area contributed by atoms with Crippen LogP contribution in [0.1, 0.15) is 25.7 Å². The first kappa shape index (κ1) is 14.7. The minimum Gasteiger partial charge on any atom is -0.382 e. The number of aliphatic hydroxyl groups is 1. The van der Waals surface area contributed by atoms with Gasteiger partial charge in [0, 0.05) is 12.6 Å². The SMILES string of the molecule is CN(CC(O)C(F)(F)F)C1CCCCC1CN. The standard InChI is InChI=1S/C11H21F3N2O/c1-16(7-10(17)11(12,13)14)9-5-3-2-4-8(9)6-15/h8-10,17H,2-7,15H2,1H3. The average Bonchev–Trinajstić information content (AvgIpc) is 2.27. The van der Waals surface area contributed by atoms with Gasteiger partial charge in [-0.1, -0.05) is 12.8 Å². The van der Waals surface area contributed by atoms with Crippen LogP contribution in [0.3, 0.4) is 0 Å². The molecule has 3 N–H and O–H groups in total. The van der Waals surface area contributed by atoms with Gasteiger partial charge in [0.2, 0.25) is 0 Å². The molecule has 1 rings (SSSR count). The fraction of sp³-hybridized carbons (Fsp3) is 1.00. The highest BCUT2D eigenvalue weighted by atomic mass is 19.4. The molecule has 3 atom stereocenters. The first-order valence-corrected chi connectivity index (χ1v) is 6.01. The molecule has 0 spiro atoms. The van der Waals surface area contributed by atoms with Crippen molar-refractivity contribution in [1.29, 1.82) is 0 Å². The number of halogens is 3. The molecule has 1 aliphatic carbocycles. The Hall–Kier alpha value is -0.330. The second-order valence-corrected chi connectivity index (χ2v) is 4.84. The van der Waals surface area contributed by atoms with Crippen molar-refractivity contribution >= 4 is 0 Å². The summed E-state index contributed by atoms with van der Waals surface area (Å²) >= 11 is 0. The number of likely N-dealkylation sites (N-methyl/N-ethyl adjacent to an activating group) is 1. The van der Waals surface area contributed by atoms with Crippen LogP contribution in [0.2, 0.25) is 0 Å². The molecule has 1 aliphatic rings. The van der Waals surface area contributed by atoms with E-state index in [9.17, 15) is 13.2 Å². The molecule has 102 valence electrons. The van der Waals surface area contributed by atoms with Crippen LogP contribution in [0.5, 0.6) is 0 Å². The van der Waals surface area contributed by atoms with E-state index in [2.05, 4.69) is 0 Å². The summed E-state index contributed by atoms with van der Waals surface area (Å²) in [6.07, 6.45) is -2.87. The van der Waals surface area contributed by atoms with Crippen LogP contribution < -0.4 is 5.73 Å². The molecular formula is C11H21F3N2O. The summed E-state index contributed by atoms with van der Waals surface area (Å²) in [4.78, 5) is 1.61. The van der Waals surface area contributed by atoms with Crippen LogP contribution in [0.4, 0.5) is 13.2 Å². The van der Waals surface area contributed by atoms with E-state index < -0.39 is 12.3 Å². The van der Waals surface area contributed by atoms with Gasteiger partial charge in [-0.2, -0.15) is 13.2 Å². The van der Waals surface area contributed by atoms with E-state index in [0.717, 1.165) is 25.7 Å². The molecule has 0 radical (unpaired) electrons. The maximum atomic E-state index is 12.3. The first-order chi connectivity index (χ1) is 7.86. The lowest BCUT2D eigenvalue weighted by molar-refractivity contribution is -0.209. The van der Waals surface area contributed by atoms with Gasteiger partial charge in [0.05, 0.1) is 0 Å². The summed E-state index contributed by atoms with van der Waals surface area (Å²) in [6.45, 7) is 0.127. The number of rotatable bonds is 4. The Bertz CT molecular complexity index is 235. The molecule has 1 fully saturated rings. The third kappa shape index (κ3) is 4.12. The lowest BCUT2D eigenvalue weighted by Gasteiger charge is -2.38. The highest BCUT2D eigenvalue weighted by Crippen LogP contribution is 2.28. The molecule has 0 saturated heterocycles. The van der Waals surface area contributed by atoms with Crippen molar-refractivity contribution in [2.75, 3.05) is 20.1 Å². The van der Waals surface area contributed by atoms with E-state index in [1.54, 1.807) is 11.9 Å². The van der Waals surface area contributed by atoms with Crippen molar-refractivity contribution in [1.82, 2.24) is 4.90 Å². The summed E-state index contributed by atoms with van der Waals surface area (Å²) in [7, 11) is 1.63. The first-order valence-electron chi connectivity index (χ1n) is 6.01. The van der Waals surface area contributed by atoms with Crippen molar-refractivity contribution in [2.24, 2.45) is 11.7 Å². The van der Waals surface area contributed by atoms with E-state index in [1.807, 2.05) is 0 Å². The molecule has 0 bridgehead atoms. The Morgan fingerprint density at radius 3 is 2.47 bits per heavy atom. The number of nitrogens with two attached hydrogens (primary N) is 1. The van der Waals surface area contributed by atoms with Crippen LogP contribution >= 0.6 is 0 Å². The molecule has 0 aromatic heterocycles. The Morgan fingerprint density at radius 1 is 1.35 bits per heavy atom. The molecule has 3 unspecified atom stereocenters. The van der Waals surface area contributed by atoms with Gasteiger partial charge in [0.25, 0.3) is 0 Å². The lowest BCUT2D eigenvalue weighted by Crippen LogP contribution is -2.48. The van der Waals surface area contributed by atoms with Crippen LogP contribution in [-0.2, 0) is 0 Å². The fourth-order valence-corrected chi connectivity index (χ4v) is 2.55. The van der Waals surface area contributed by atoms with Gasteiger partial charge in [-0.05, 0) is 32.4 Å². The number of aliphatic hydroxyl groups excluding tert-OH is 1.